The number of ether oxygens (including phenoxy) is 2. The average Bonchev–Trinajstić information content (AvgIpc) is 2.48. The van der Waals surface area contributed by atoms with Gasteiger partial charge in [-0.25, -0.2) is 0 Å². The monoisotopic (exact) mass is 275 g/mol. The van der Waals surface area contributed by atoms with Crippen molar-refractivity contribution in [3.05, 3.63) is 36.2 Å². The van der Waals surface area contributed by atoms with Gasteiger partial charge in [-0.05, 0) is 25.1 Å². The summed E-state index contributed by atoms with van der Waals surface area (Å²) in [6.07, 6.45) is 2.73. The summed E-state index contributed by atoms with van der Waals surface area (Å²) in [7, 11) is 3.06. The van der Waals surface area contributed by atoms with Crippen LogP contribution in [0.3, 0.4) is 0 Å². The molecule has 1 atom stereocenters. The molecule has 1 N–H and O–H groups in total. The minimum atomic E-state index is -0.487. The molecule has 1 amide bonds. The molecule has 2 aromatic rings. The molecule has 20 heavy (non-hydrogen) atoms. The maximum absolute atomic E-state index is 12.2. The SMILES string of the molecule is COC(OC)C(C)NC(=O)c1ccc2nccnc2c1. The van der Waals surface area contributed by atoms with E-state index in [1.54, 1.807) is 30.6 Å². The fourth-order valence-corrected chi connectivity index (χ4v) is 1.97. The van der Waals surface area contributed by atoms with E-state index in [9.17, 15) is 4.79 Å². The molecular weight excluding hydrogens is 258 g/mol. The summed E-state index contributed by atoms with van der Waals surface area (Å²) in [5, 5.41) is 2.83. The predicted octanol–water partition coefficient (Wildman–Crippen LogP) is 1.37. The maximum atomic E-state index is 12.2. The van der Waals surface area contributed by atoms with E-state index >= 15 is 0 Å². The Morgan fingerprint density at radius 3 is 2.45 bits per heavy atom. The first-order chi connectivity index (χ1) is 9.65. The highest BCUT2D eigenvalue weighted by Crippen LogP contribution is 2.11. The molecule has 0 aliphatic heterocycles. The number of hydrogen-bond acceptors (Lipinski definition) is 5. The van der Waals surface area contributed by atoms with Crippen LogP contribution in [0.2, 0.25) is 0 Å². The number of aromatic nitrogens is 2. The smallest absolute Gasteiger partial charge is 0.251 e. The van der Waals surface area contributed by atoms with Gasteiger partial charge in [0.2, 0.25) is 0 Å². The van der Waals surface area contributed by atoms with Crippen molar-refractivity contribution in [2.24, 2.45) is 0 Å². The van der Waals surface area contributed by atoms with Crippen LogP contribution in [0.4, 0.5) is 0 Å². The third-order valence-electron chi connectivity index (χ3n) is 2.96. The van der Waals surface area contributed by atoms with Crippen LogP contribution in [0.1, 0.15) is 17.3 Å². The highest BCUT2D eigenvalue weighted by molar-refractivity contribution is 5.97. The molecule has 0 bridgehead atoms. The van der Waals surface area contributed by atoms with Gasteiger partial charge in [0.1, 0.15) is 0 Å². The fourth-order valence-electron chi connectivity index (χ4n) is 1.97. The van der Waals surface area contributed by atoms with Gasteiger partial charge in [-0.2, -0.15) is 0 Å². The quantitative estimate of drug-likeness (QED) is 0.834. The van der Waals surface area contributed by atoms with Crippen molar-refractivity contribution >= 4 is 16.9 Å². The molecule has 106 valence electrons. The number of amides is 1. The van der Waals surface area contributed by atoms with Gasteiger partial charge < -0.3 is 14.8 Å². The van der Waals surface area contributed by atoms with Gasteiger partial charge in [0.25, 0.3) is 5.91 Å². The molecule has 0 fully saturated rings. The Morgan fingerprint density at radius 2 is 1.80 bits per heavy atom. The first-order valence-electron chi connectivity index (χ1n) is 6.23. The van der Waals surface area contributed by atoms with Crippen molar-refractivity contribution < 1.29 is 14.3 Å². The zero-order chi connectivity index (χ0) is 14.5. The van der Waals surface area contributed by atoms with E-state index in [0.717, 1.165) is 5.52 Å². The summed E-state index contributed by atoms with van der Waals surface area (Å²) in [4.78, 5) is 20.5. The Kier molecular flexibility index (Phi) is 4.60. The minimum Gasteiger partial charge on any atom is -0.354 e. The number of methoxy groups -OCH3 is 2. The number of hydrogen-bond donors (Lipinski definition) is 1. The number of nitrogens with zero attached hydrogens (tertiary/aromatic N) is 2. The van der Waals surface area contributed by atoms with Crippen LogP contribution >= 0.6 is 0 Å². The molecule has 1 aromatic heterocycles. The summed E-state index contributed by atoms with van der Waals surface area (Å²) in [6, 6.07) is 4.92. The Hall–Kier alpha value is -2.05. The van der Waals surface area contributed by atoms with Gasteiger partial charge in [0.05, 0.1) is 17.1 Å². The molecule has 0 aliphatic rings. The molecule has 0 spiro atoms. The van der Waals surface area contributed by atoms with Crippen molar-refractivity contribution in [3.63, 3.8) is 0 Å². The maximum Gasteiger partial charge on any atom is 0.251 e. The molecule has 1 heterocycles. The fraction of sp³-hybridized carbons (Fsp3) is 0.357. The summed E-state index contributed by atoms with van der Waals surface area (Å²) >= 11 is 0. The molecule has 1 unspecified atom stereocenters. The van der Waals surface area contributed by atoms with Gasteiger partial charge in [-0.3, -0.25) is 14.8 Å². The van der Waals surface area contributed by atoms with Crippen molar-refractivity contribution in [1.29, 1.82) is 0 Å². The van der Waals surface area contributed by atoms with E-state index in [0.29, 0.717) is 11.1 Å². The highest BCUT2D eigenvalue weighted by Gasteiger charge is 2.18. The lowest BCUT2D eigenvalue weighted by Crippen LogP contribution is -2.42. The number of rotatable bonds is 5. The van der Waals surface area contributed by atoms with Crippen LogP contribution in [-0.2, 0) is 9.47 Å². The summed E-state index contributed by atoms with van der Waals surface area (Å²) < 4.78 is 10.2. The third-order valence-corrected chi connectivity index (χ3v) is 2.96. The Labute approximate surface area is 117 Å². The Bertz CT molecular complexity index is 599. The number of carbonyl (C=O) groups excluding carboxylic acids is 1. The van der Waals surface area contributed by atoms with Gasteiger partial charge in [-0.1, -0.05) is 0 Å². The molecule has 6 nitrogen and oxygen atoms in total. The predicted molar refractivity (Wildman–Crippen MR) is 74.3 cm³/mol. The van der Waals surface area contributed by atoms with Crippen LogP contribution in [0.15, 0.2) is 30.6 Å². The van der Waals surface area contributed by atoms with Gasteiger partial charge in [-0.15, -0.1) is 0 Å². The Balaban J connectivity index is 2.15. The van der Waals surface area contributed by atoms with E-state index in [-0.39, 0.29) is 11.9 Å². The summed E-state index contributed by atoms with van der Waals surface area (Å²) in [6.45, 7) is 1.82. The van der Waals surface area contributed by atoms with Crippen molar-refractivity contribution in [1.82, 2.24) is 15.3 Å². The first kappa shape index (κ1) is 14.4. The van der Waals surface area contributed by atoms with Crippen LogP contribution in [0, 0.1) is 0 Å². The van der Waals surface area contributed by atoms with E-state index in [1.807, 2.05) is 6.92 Å². The van der Waals surface area contributed by atoms with E-state index in [4.69, 9.17) is 9.47 Å². The standard InChI is InChI=1S/C14H17N3O3/c1-9(14(19-2)20-3)17-13(18)10-4-5-11-12(8-10)16-7-6-15-11/h4-9,14H,1-3H3,(H,17,18). The first-order valence-corrected chi connectivity index (χ1v) is 6.23. The second-order valence-corrected chi connectivity index (χ2v) is 4.36. The second-order valence-electron chi connectivity index (χ2n) is 4.36. The minimum absolute atomic E-state index is 0.204. The van der Waals surface area contributed by atoms with Crippen molar-refractivity contribution in [2.75, 3.05) is 14.2 Å². The highest BCUT2D eigenvalue weighted by atomic mass is 16.7. The van der Waals surface area contributed by atoms with Crippen molar-refractivity contribution in [2.45, 2.75) is 19.3 Å². The summed E-state index contributed by atoms with van der Waals surface area (Å²) in [5.41, 5.74) is 1.96. The Morgan fingerprint density at radius 1 is 1.15 bits per heavy atom. The topological polar surface area (TPSA) is 73.3 Å². The summed E-state index contributed by atoms with van der Waals surface area (Å²) in [5.74, 6) is -0.204. The second kappa shape index (κ2) is 6.40. The lowest BCUT2D eigenvalue weighted by molar-refractivity contribution is -0.117. The molecule has 0 saturated carbocycles. The zero-order valence-electron chi connectivity index (χ0n) is 11.7. The van der Waals surface area contributed by atoms with Gasteiger partial charge in [0.15, 0.2) is 6.29 Å². The molecule has 0 saturated heterocycles. The molecule has 0 aliphatic carbocycles. The number of carbonyl (C=O) groups is 1. The third kappa shape index (κ3) is 3.09. The lowest BCUT2D eigenvalue weighted by atomic mass is 10.1. The van der Waals surface area contributed by atoms with E-state index in [1.165, 1.54) is 14.2 Å². The van der Waals surface area contributed by atoms with E-state index < -0.39 is 6.29 Å². The normalized spacial score (nSPS) is 12.6. The van der Waals surface area contributed by atoms with E-state index in [2.05, 4.69) is 15.3 Å². The molecule has 0 radical (unpaired) electrons. The molecule has 6 heteroatoms. The lowest BCUT2D eigenvalue weighted by Gasteiger charge is -2.22. The average molecular weight is 275 g/mol. The van der Waals surface area contributed by atoms with Gasteiger partial charge in [0, 0.05) is 32.2 Å². The van der Waals surface area contributed by atoms with Gasteiger partial charge >= 0.3 is 0 Å². The molecular formula is C14H17N3O3. The van der Waals surface area contributed by atoms with Crippen LogP contribution in [-0.4, -0.2) is 42.4 Å². The number of benzene rings is 1. The largest absolute Gasteiger partial charge is 0.354 e. The van der Waals surface area contributed by atoms with Crippen LogP contribution in [0.5, 0.6) is 0 Å². The molecule has 2 rings (SSSR count). The number of fused-ring (bicyclic) bond motifs is 1. The zero-order valence-corrected chi connectivity index (χ0v) is 11.7. The van der Waals surface area contributed by atoms with Crippen LogP contribution < -0.4 is 5.32 Å². The van der Waals surface area contributed by atoms with Crippen molar-refractivity contribution in [3.8, 4) is 0 Å². The molecule has 1 aromatic carbocycles. The van der Waals surface area contributed by atoms with Crippen LogP contribution in [0.25, 0.3) is 11.0 Å². The number of nitrogens with one attached hydrogen (secondary N) is 1.